The van der Waals surface area contributed by atoms with E-state index < -0.39 is 17.3 Å². The number of esters is 1. The summed E-state index contributed by atoms with van der Waals surface area (Å²) in [5, 5.41) is 30.3. The van der Waals surface area contributed by atoms with E-state index in [2.05, 4.69) is 21.6 Å². The maximum atomic E-state index is 12.3. The highest BCUT2D eigenvalue weighted by Crippen LogP contribution is 2.38. The molecule has 0 radical (unpaired) electrons. The summed E-state index contributed by atoms with van der Waals surface area (Å²) < 4.78 is 5.42. The van der Waals surface area contributed by atoms with Crippen LogP contribution in [0.15, 0.2) is 12.2 Å². The van der Waals surface area contributed by atoms with Gasteiger partial charge in [-0.05, 0) is 56.8 Å². The molecule has 1 aliphatic carbocycles. The second-order valence-corrected chi connectivity index (χ2v) is 11.6. The summed E-state index contributed by atoms with van der Waals surface area (Å²) in [5.41, 5.74) is 0. The smallest absolute Gasteiger partial charge is 0.307 e. The van der Waals surface area contributed by atoms with Gasteiger partial charge < -0.3 is 24.7 Å². The standard InChI is InChI=1S/C30H53N3O8/c1-2-3-4-5-8-12-25(34)15-16-27-26(28(35)23-29(27)36)13-9-6-7-10-14-30(37)40-24-32-20-18-31(19-21-32)17-11-22-41-33(38)39/h6,9,26-29,35-36H,2-5,7-8,10-24H2,1H3/b9-6-/t26-,27-,28+,29-/m1/s1. The van der Waals surface area contributed by atoms with Crippen LogP contribution < -0.4 is 0 Å². The van der Waals surface area contributed by atoms with Gasteiger partial charge in [0.2, 0.25) is 0 Å². The number of nitrogens with zero attached hydrogens (tertiary/aromatic N) is 3. The molecule has 41 heavy (non-hydrogen) atoms. The van der Waals surface area contributed by atoms with Crippen LogP contribution in [0.5, 0.6) is 0 Å². The Morgan fingerprint density at radius 3 is 2.34 bits per heavy atom. The number of allylic oxidation sites excluding steroid dienone is 2. The van der Waals surface area contributed by atoms with E-state index in [0.29, 0.717) is 51.4 Å². The molecule has 2 rings (SSSR count). The monoisotopic (exact) mass is 583 g/mol. The molecule has 1 saturated heterocycles. The summed E-state index contributed by atoms with van der Waals surface area (Å²) in [4.78, 5) is 43.3. The highest BCUT2D eigenvalue weighted by Gasteiger charge is 2.40. The number of hydrogen-bond donors (Lipinski definition) is 2. The van der Waals surface area contributed by atoms with Crippen molar-refractivity contribution in [3.05, 3.63) is 22.3 Å². The average Bonchev–Trinajstić information content (AvgIpc) is 3.22. The van der Waals surface area contributed by atoms with E-state index in [0.717, 1.165) is 52.0 Å². The van der Waals surface area contributed by atoms with Crippen LogP contribution in [-0.2, 0) is 19.2 Å². The molecule has 2 aliphatic rings. The molecular weight excluding hydrogens is 530 g/mol. The van der Waals surface area contributed by atoms with E-state index >= 15 is 0 Å². The molecule has 0 aromatic rings. The van der Waals surface area contributed by atoms with Crippen molar-refractivity contribution in [1.82, 2.24) is 9.80 Å². The predicted molar refractivity (Wildman–Crippen MR) is 155 cm³/mol. The molecule has 1 saturated carbocycles. The van der Waals surface area contributed by atoms with Crippen molar-refractivity contribution in [3.63, 3.8) is 0 Å². The van der Waals surface area contributed by atoms with Crippen LogP contribution in [0.1, 0.15) is 96.8 Å². The predicted octanol–water partition coefficient (Wildman–Crippen LogP) is 3.89. The number of rotatable bonds is 22. The van der Waals surface area contributed by atoms with Gasteiger partial charge in [-0.25, -0.2) is 0 Å². The van der Waals surface area contributed by atoms with Crippen LogP contribution in [0.25, 0.3) is 0 Å². The van der Waals surface area contributed by atoms with Crippen LogP contribution in [0, 0.1) is 22.0 Å². The van der Waals surface area contributed by atoms with Crippen molar-refractivity contribution in [2.24, 2.45) is 11.8 Å². The molecule has 0 aromatic carbocycles. The second-order valence-electron chi connectivity index (χ2n) is 11.6. The number of unbranched alkanes of at least 4 members (excludes halogenated alkanes) is 5. The number of aliphatic hydroxyl groups is 2. The number of carbonyl (C=O) groups excluding carboxylic acids is 2. The van der Waals surface area contributed by atoms with Gasteiger partial charge in [-0.1, -0.05) is 44.8 Å². The molecule has 11 nitrogen and oxygen atoms in total. The lowest BCUT2D eigenvalue weighted by atomic mass is 9.86. The fraction of sp³-hybridized carbons (Fsp3) is 0.867. The SMILES string of the molecule is CCCCCCCC(=O)CC[C@@H]1[C@@H](C/C=C\CCCC(=O)OCN2CCN(CCCO[N+](=O)[O-])CC2)[C@@H](O)C[C@H]1O. The fourth-order valence-corrected chi connectivity index (χ4v) is 5.82. The van der Waals surface area contributed by atoms with Gasteiger partial charge in [-0.15, -0.1) is 10.1 Å². The molecule has 0 unspecified atom stereocenters. The molecule has 0 bridgehead atoms. The fourth-order valence-electron chi connectivity index (χ4n) is 5.82. The molecule has 236 valence electrons. The zero-order valence-corrected chi connectivity index (χ0v) is 25.0. The lowest BCUT2D eigenvalue weighted by molar-refractivity contribution is -0.757. The maximum absolute atomic E-state index is 12.3. The number of ether oxygens (including phenoxy) is 1. The van der Waals surface area contributed by atoms with E-state index in [4.69, 9.17) is 4.74 Å². The minimum atomic E-state index is -0.769. The third-order valence-electron chi connectivity index (χ3n) is 8.35. The Morgan fingerprint density at radius 2 is 1.61 bits per heavy atom. The zero-order valence-electron chi connectivity index (χ0n) is 25.0. The van der Waals surface area contributed by atoms with E-state index in [9.17, 15) is 29.9 Å². The summed E-state index contributed by atoms with van der Waals surface area (Å²) in [6.07, 6.45) is 13.7. The van der Waals surface area contributed by atoms with Crippen LogP contribution >= 0.6 is 0 Å². The van der Waals surface area contributed by atoms with Gasteiger partial charge in [-0.2, -0.15) is 0 Å². The number of piperazine rings is 1. The summed E-state index contributed by atoms with van der Waals surface area (Å²) in [6.45, 7) is 6.51. The van der Waals surface area contributed by atoms with Crippen LogP contribution in [0.4, 0.5) is 0 Å². The normalized spacial score (nSPS) is 23.7. The molecule has 2 N–H and O–H groups in total. The first-order valence-corrected chi connectivity index (χ1v) is 15.7. The quantitative estimate of drug-likeness (QED) is 0.0633. The van der Waals surface area contributed by atoms with Crippen LogP contribution in [0.3, 0.4) is 0 Å². The number of aliphatic hydroxyl groups excluding tert-OH is 2. The van der Waals surface area contributed by atoms with E-state index in [-0.39, 0.29) is 36.9 Å². The van der Waals surface area contributed by atoms with Gasteiger partial charge in [-0.3, -0.25) is 14.5 Å². The number of hydrogen-bond acceptors (Lipinski definition) is 10. The molecule has 0 spiro atoms. The Bertz CT molecular complexity index is 788. The third kappa shape index (κ3) is 15.1. The summed E-state index contributed by atoms with van der Waals surface area (Å²) in [7, 11) is 0. The minimum Gasteiger partial charge on any atom is -0.449 e. The number of Topliss-reactive ketones (excluding diaryl/α,β-unsaturated/α-hetero) is 1. The lowest BCUT2D eigenvalue weighted by Gasteiger charge is -2.34. The van der Waals surface area contributed by atoms with Gasteiger partial charge in [0.1, 0.15) is 12.5 Å². The Hall–Kier alpha value is -2.08. The summed E-state index contributed by atoms with van der Waals surface area (Å²) in [6, 6.07) is 0. The van der Waals surface area contributed by atoms with Crippen molar-refractivity contribution >= 4 is 11.8 Å². The van der Waals surface area contributed by atoms with E-state index in [1.54, 1.807) is 0 Å². The Morgan fingerprint density at radius 1 is 0.902 bits per heavy atom. The zero-order chi connectivity index (χ0) is 29.9. The number of ketones is 1. The molecule has 0 aromatic heterocycles. The molecule has 1 heterocycles. The van der Waals surface area contributed by atoms with Crippen LogP contribution in [-0.4, -0.2) is 95.1 Å². The molecule has 0 amide bonds. The Kier molecular flexibility index (Phi) is 17.8. The van der Waals surface area contributed by atoms with Gasteiger partial charge in [0.05, 0.1) is 18.8 Å². The highest BCUT2D eigenvalue weighted by atomic mass is 16.9. The first kappa shape index (κ1) is 35.1. The van der Waals surface area contributed by atoms with Crippen molar-refractivity contribution < 1.29 is 34.5 Å². The molecule has 1 aliphatic heterocycles. The molecular formula is C30H53N3O8. The molecule has 4 atom stereocenters. The van der Waals surface area contributed by atoms with Crippen molar-refractivity contribution in [2.75, 3.05) is 46.1 Å². The number of carbonyl (C=O) groups is 2. The molecule has 11 heteroatoms. The first-order chi connectivity index (χ1) is 19.8. The maximum Gasteiger partial charge on any atom is 0.307 e. The lowest BCUT2D eigenvalue weighted by Crippen LogP contribution is -2.47. The van der Waals surface area contributed by atoms with Gasteiger partial charge in [0.15, 0.2) is 0 Å². The summed E-state index contributed by atoms with van der Waals surface area (Å²) in [5.74, 6) is -0.0600. The van der Waals surface area contributed by atoms with Crippen molar-refractivity contribution in [3.8, 4) is 0 Å². The van der Waals surface area contributed by atoms with Crippen molar-refractivity contribution in [2.45, 2.75) is 109 Å². The average molecular weight is 584 g/mol. The Balaban J connectivity index is 1.54. The van der Waals surface area contributed by atoms with Crippen molar-refractivity contribution in [1.29, 1.82) is 0 Å². The van der Waals surface area contributed by atoms with Gasteiger partial charge >= 0.3 is 5.97 Å². The minimum absolute atomic E-state index is 0.0431. The summed E-state index contributed by atoms with van der Waals surface area (Å²) >= 11 is 0. The van der Waals surface area contributed by atoms with E-state index in [1.165, 1.54) is 19.3 Å². The molecule has 2 fully saturated rings. The van der Waals surface area contributed by atoms with E-state index in [1.807, 2.05) is 12.2 Å². The van der Waals surface area contributed by atoms with Gasteiger partial charge in [0, 0.05) is 52.0 Å². The third-order valence-corrected chi connectivity index (χ3v) is 8.35. The van der Waals surface area contributed by atoms with Crippen LogP contribution in [0.2, 0.25) is 0 Å². The Labute approximate surface area is 245 Å². The largest absolute Gasteiger partial charge is 0.449 e. The first-order valence-electron chi connectivity index (χ1n) is 15.7. The van der Waals surface area contributed by atoms with Gasteiger partial charge in [0.25, 0.3) is 5.09 Å². The second kappa shape index (κ2) is 20.7. The topological polar surface area (TPSA) is 143 Å². The highest BCUT2D eigenvalue weighted by molar-refractivity contribution is 5.78.